The summed E-state index contributed by atoms with van der Waals surface area (Å²) in [4.78, 5) is 38.4. The van der Waals surface area contributed by atoms with Gasteiger partial charge in [-0.3, -0.25) is 14.4 Å². The lowest BCUT2D eigenvalue weighted by atomic mass is 10.0. The molecule has 0 aliphatic carbocycles. The van der Waals surface area contributed by atoms with Crippen molar-refractivity contribution < 1.29 is 28.6 Å². The van der Waals surface area contributed by atoms with Gasteiger partial charge in [-0.25, -0.2) is 0 Å². The number of carbonyl (C=O) groups is 3. The molecule has 0 fully saturated rings. The number of esters is 3. The first kappa shape index (κ1) is 78.5. The van der Waals surface area contributed by atoms with Crippen LogP contribution >= 0.6 is 0 Å². The van der Waals surface area contributed by atoms with E-state index < -0.39 is 6.10 Å². The fraction of sp³-hybridized carbons (Fsp3) is 0.675. The van der Waals surface area contributed by atoms with Crippen LogP contribution in [0, 0.1) is 0 Å². The molecular formula is C77H128O6. The van der Waals surface area contributed by atoms with Crippen LogP contribution in [-0.4, -0.2) is 37.2 Å². The van der Waals surface area contributed by atoms with Gasteiger partial charge in [0.2, 0.25) is 0 Å². The van der Waals surface area contributed by atoms with Crippen molar-refractivity contribution in [3.63, 3.8) is 0 Å². The van der Waals surface area contributed by atoms with E-state index in [1.165, 1.54) is 122 Å². The normalized spacial score (nSPS) is 13.0. The first-order valence-corrected chi connectivity index (χ1v) is 34.7. The maximum absolute atomic E-state index is 12.9. The largest absolute Gasteiger partial charge is 0.462 e. The average Bonchev–Trinajstić information content (AvgIpc) is 3.49. The quantitative estimate of drug-likeness (QED) is 0.0261. The van der Waals surface area contributed by atoms with Gasteiger partial charge < -0.3 is 14.2 Å². The molecule has 0 saturated heterocycles. The zero-order valence-corrected chi connectivity index (χ0v) is 54.2. The molecule has 0 bridgehead atoms. The van der Waals surface area contributed by atoms with Crippen molar-refractivity contribution in [3.8, 4) is 0 Å². The van der Waals surface area contributed by atoms with Gasteiger partial charge in [0.25, 0.3) is 0 Å². The second kappa shape index (κ2) is 70.0. The summed E-state index contributed by atoms with van der Waals surface area (Å²) in [5.41, 5.74) is 0. The molecule has 6 heteroatoms. The molecule has 0 rings (SSSR count). The number of rotatable bonds is 62. The minimum atomic E-state index is -0.795. The van der Waals surface area contributed by atoms with Crippen molar-refractivity contribution in [2.75, 3.05) is 13.2 Å². The average molecular weight is 1150 g/mol. The number of hydrogen-bond donors (Lipinski definition) is 0. The molecule has 83 heavy (non-hydrogen) atoms. The molecule has 1 atom stereocenters. The summed E-state index contributed by atoms with van der Waals surface area (Å²) in [5, 5.41) is 0. The number of unbranched alkanes of at least 4 members (excludes halogenated alkanes) is 29. The van der Waals surface area contributed by atoms with E-state index >= 15 is 0 Å². The number of hydrogen-bond acceptors (Lipinski definition) is 6. The van der Waals surface area contributed by atoms with E-state index in [0.717, 1.165) is 154 Å². The van der Waals surface area contributed by atoms with Crippen molar-refractivity contribution in [1.82, 2.24) is 0 Å². The fourth-order valence-corrected chi connectivity index (χ4v) is 9.50. The molecular weight excluding hydrogens is 1020 g/mol. The highest BCUT2D eigenvalue weighted by Crippen LogP contribution is 2.17. The SMILES string of the molecule is CC/C=C\C/C=C\C/C=C\C/C=C\C/C=C\CCCCCCCCCC(=O)OC(COC(=O)CCCCCCC/C=C\C/C=C\CCC)COC(=O)CCCCCCCCCCCCCCCCCC/C=C\C/C=C\C/C=C\C/C=C\CC. The molecule has 0 aliphatic heterocycles. The van der Waals surface area contributed by atoms with Crippen molar-refractivity contribution in [1.29, 1.82) is 0 Å². The lowest BCUT2D eigenvalue weighted by Crippen LogP contribution is -2.30. The Balaban J connectivity index is 4.29. The summed E-state index contributed by atoms with van der Waals surface area (Å²) in [5.74, 6) is -0.907. The van der Waals surface area contributed by atoms with Crippen LogP contribution in [0.5, 0.6) is 0 Å². The zero-order valence-electron chi connectivity index (χ0n) is 54.2. The molecule has 0 spiro atoms. The van der Waals surface area contributed by atoms with E-state index in [1.54, 1.807) is 0 Å². The van der Waals surface area contributed by atoms with Crippen molar-refractivity contribution in [2.45, 2.75) is 322 Å². The van der Waals surface area contributed by atoms with Crippen LogP contribution in [0.1, 0.15) is 316 Å². The molecule has 0 aromatic heterocycles. The summed E-state index contributed by atoms with van der Waals surface area (Å²) in [6.07, 6.45) is 99.0. The summed E-state index contributed by atoms with van der Waals surface area (Å²) < 4.78 is 17.0. The van der Waals surface area contributed by atoms with Gasteiger partial charge in [0.1, 0.15) is 13.2 Å². The summed E-state index contributed by atoms with van der Waals surface area (Å²) in [6, 6.07) is 0. The number of carbonyl (C=O) groups excluding carboxylic acids is 3. The first-order valence-electron chi connectivity index (χ1n) is 34.7. The zero-order chi connectivity index (χ0) is 59.9. The Hall–Kier alpha value is -4.45. The molecule has 0 radical (unpaired) electrons. The van der Waals surface area contributed by atoms with Crippen molar-refractivity contribution >= 4 is 17.9 Å². The predicted molar refractivity (Wildman–Crippen MR) is 362 cm³/mol. The molecule has 6 nitrogen and oxygen atoms in total. The third kappa shape index (κ3) is 68.2. The van der Waals surface area contributed by atoms with Crippen LogP contribution in [-0.2, 0) is 28.6 Å². The highest BCUT2D eigenvalue weighted by molar-refractivity contribution is 5.71. The Labute approximate surface area is 513 Å². The lowest BCUT2D eigenvalue weighted by molar-refractivity contribution is -0.167. The van der Waals surface area contributed by atoms with Gasteiger partial charge in [0, 0.05) is 19.3 Å². The predicted octanol–water partition coefficient (Wildman–Crippen LogP) is 24.1. The second-order valence-corrected chi connectivity index (χ2v) is 22.7. The minimum absolute atomic E-state index is 0.0886. The van der Waals surface area contributed by atoms with Crippen LogP contribution in [0.15, 0.2) is 134 Å². The Morgan fingerprint density at radius 3 is 0.735 bits per heavy atom. The van der Waals surface area contributed by atoms with E-state index in [0.29, 0.717) is 19.3 Å². The lowest BCUT2D eigenvalue weighted by Gasteiger charge is -2.18. The van der Waals surface area contributed by atoms with Crippen LogP contribution in [0.2, 0.25) is 0 Å². The minimum Gasteiger partial charge on any atom is -0.462 e. The van der Waals surface area contributed by atoms with Gasteiger partial charge in [0.05, 0.1) is 0 Å². The third-order valence-electron chi connectivity index (χ3n) is 14.6. The van der Waals surface area contributed by atoms with Crippen LogP contribution < -0.4 is 0 Å². The van der Waals surface area contributed by atoms with E-state index in [9.17, 15) is 14.4 Å². The Kier molecular flexibility index (Phi) is 66.3. The Bertz CT molecular complexity index is 1750. The maximum Gasteiger partial charge on any atom is 0.306 e. The van der Waals surface area contributed by atoms with E-state index in [2.05, 4.69) is 154 Å². The van der Waals surface area contributed by atoms with E-state index in [4.69, 9.17) is 14.2 Å². The molecule has 0 N–H and O–H groups in total. The second-order valence-electron chi connectivity index (χ2n) is 22.7. The van der Waals surface area contributed by atoms with Gasteiger partial charge >= 0.3 is 17.9 Å². The van der Waals surface area contributed by atoms with Gasteiger partial charge in [-0.1, -0.05) is 302 Å². The molecule has 0 amide bonds. The van der Waals surface area contributed by atoms with Gasteiger partial charge in [-0.15, -0.1) is 0 Å². The topological polar surface area (TPSA) is 78.9 Å². The summed E-state index contributed by atoms with van der Waals surface area (Å²) in [7, 11) is 0. The molecule has 0 aromatic rings. The highest BCUT2D eigenvalue weighted by Gasteiger charge is 2.19. The number of ether oxygens (including phenoxy) is 3. The highest BCUT2D eigenvalue weighted by atomic mass is 16.6. The van der Waals surface area contributed by atoms with Crippen LogP contribution in [0.25, 0.3) is 0 Å². The van der Waals surface area contributed by atoms with Crippen molar-refractivity contribution in [3.05, 3.63) is 134 Å². The monoisotopic (exact) mass is 1150 g/mol. The third-order valence-corrected chi connectivity index (χ3v) is 14.6. The Morgan fingerprint density at radius 2 is 0.470 bits per heavy atom. The standard InChI is InChI=1S/C77H128O6/c1-4-7-10-13-16-19-22-25-27-29-31-33-35-36-37-38-39-40-42-43-45-47-49-52-55-58-61-64-67-70-76(79)82-73-74(72-81-75(78)69-66-63-60-57-54-51-24-21-18-15-12-9-6-3)83-77(80)71-68-65-62-59-56-53-50-48-46-44-41-34-32-30-28-26-23-20-17-14-11-8-5-2/h7-8,10-12,15-17,19-21,24-28,31-34,44,46,74H,4-6,9,13-14,18,22-23,29-30,35-43,45,47-73H2,1-3H3/b10-7-,11-8-,15-12-,19-16-,20-17-,24-21-,27-25-,28-26-,33-31-,34-32-,46-44-. The van der Waals surface area contributed by atoms with E-state index in [1.807, 2.05) is 0 Å². The molecule has 0 heterocycles. The smallest absolute Gasteiger partial charge is 0.306 e. The van der Waals surface area contributed by atoms with Gasteiger partial charge in [-0.2, -0.15) is 0 Å². The van der Waals surface area contributed by atoms with Crippen LogP contribution in [0.4, 0.5) is 0 Å². The fourth-order valence-electron chi connectivity index (χ4n) is 9.50. The van der Waals surface area contributed by atoms with Gasteiger partial charge in [-0.05, 0) is 128 Å². The van der Waals surface area contributed by atoms with Crippen LogP contribution in [0.3, 0.4) is 0 Å². The Morgan fingerprint density at radius 1 is 0.253 bits per heavy atom. The van der Waals surface area contributed by atoms with Gasteiger partial charge in [0.15, 0.2) is 6.10 Å². The van der Waals surface area contributed by atoms with E-state index in [-0.39, 0.29) is 31.1 Å². The molecule has 472 valence electrons. The summed E-state index contributed by atoms with van der Waals surface area (Å²) >= 11 is 0. The molecule has 0 saturated carbocycles. The maximum atomic E-state index is 12.9. The van der Waals surface area contributed by atoms with Crippen molar-refractivity contribution in [2.24, 2.45) is 0 Å². The molecule has 1 unspecified atom stereocenters. The molecule has 0 aliphatic rings. The summed E-state index contributed by atoms with van der Waals surface area (Å²) in [6.45, 7) is 6.35. The number of allylic oxidation sites excluding steroid dienone is 22. The molecule has 0 aromatic carbocycles. The first-order chi connectivity index (χ1) is 41.0.